The topological polar surface area (TPSA) is 70.7 Å². The van der Waals surface area contributed by atoms with Crippen LogP contribution in [0.4, 0.5) is 0 Å². The number of nitrogens with one attached hydrogen (secondary N) is 2. The number of carbonyl (C=O) groups excluding carboxylic acids is 1. The number of fused-ring (bicyclic) bond motifs is 1. The number of pyridine rings is 1. The zero-order chi connectivity index (χ0) is 11.8. The minimum Gasteiger partial charge on any atom is -0.330 e. The molecule has 1 aliphatic rings. The summed E-state index contributed by atoms with van der Waals surface area (Å²) in [5.74, 6) is -0.274. The molecule has 0 saturated carbocycles. The van der Waals surface area contributed by atoms with E-state index in [1.54, 1.807) is 6.20 Å². The Morgan fingerprint density at radius 1 is 1.47 bits per heavy atom. The number of carbonyl (C=O) groups is 1. The summed E-state index contributed by atoms with van der Waals surface area (Å²) in [6.45, 7) is 3.77. The number of rotatable bonds is 1. The molecule has 3 heterocycles. The molecule has 1 amide bonds. The van der Waals surface area contributed by atoms with Gasteiger partial charge in [0.1, 0.15) is 11.2 Å². The van der Waals surface area contributed by atoms with Crippen LogP contribution in [-0.4, -0.2) is 21.1 Å². The maximum absolute atomic E-state index is 11.9. The second kappa shape index (κ2) is 3.69. The van der Waals surface area contributed by atoms with E-state index in [1.807, 2.05) is 12.1 Å². The van der Waals surface area contributed by atoms with Crippen LogP contribution in [0.2, 0.25) is 0 Å². The third-order valence-electron chi connectivity index (χ3n) is 3.03. The highest BCUT2D eigenvalue weighted by Crippen LogP contribution is 2.29. The van der Waals surface area contributed by atoms with Gasteiger partial charge in [-0.25, -0.2) is 0 Å². The Bertz CT molecular complexity index is 601. The third kappa shape index (κ3) is 1.60. The van der Waals surface area contributed by atoms with Crippen LogP contribution in [0.15, 0.2) is 30.6 Å². The molecule has 1 aliphatic heterocycles. The van der Waals surface area contributed by atoms with Gasteiger partial charge in [-0.3, -0.25) is 14.9 Å². The summed E-state index contributed by atoms with van der Waals surface area (Å²) in [5, 5.41) is 9.89. The normalized spacial score (nSPS) is 20.6. The first-order valence-electron chi connectivity index (χ1n) is 5.53. The highest BCUT2D eigenvalue weighted by atomic mass is 16.2. The summed E-state index contributed by atoms with van der Waals surface area (Å²) in [4.78, 5) is 16.2. The number of hydrogen-bond acceptors (Lipinski definition) is 3. The summed E-state index contributed by atoms with van der Waals surface area (Å²) < 4.78 is 0. The summed E-state index contributed by atoms with van der Waals surface area (Å²) >= 11 is 0. The lowest BCUT2D eigenvalue weighted by Gasteiger charge is -2.21. The van der Waals surface area contributed by atoms with Gasteiger partial charge in [-0.2, -0.15) is 5.10 Å². The van der Waals surface area contributed by atoms with Crippen molar-refractivity contribution in [3.05, 3.63) is 36.3 Å². The van der Waals surface area contributed by atoms with E-state index < -0.39 is 0 Å². The molecule has 86 valence electrons. The second-order valence-corrected chi connectivity index (χ2v) is 4.19. The summed E-state index contributed by atoms with van der Waals surface area (Å²) in [6, 6.07) is 3.74. The van der Waals surface area contributed by atoms with E-state index in [9.17, 15) is 4.79 Å². The van der Waals surface area contributed by atoms with Crippen LogP contribution >= 0.6 is 0 Å². The van der Waals surface area contributed by atoms with Gasteiger partial charge in [0.15, 0.2) is 0 Å². The molecule has 1 atom stereocenters. The standard InChI is InChI=1S/C12H12N4O/c1-7-4-5-8(12(17)14-7)10-11-9(15-16-10)3-2-6-13-11/h2-3,6,8H,1,4-5H2,(H,14,17)(H,15,16). The van der Waals surface area contributed by atoms with Gasteiger partial charge in [0, 0.05) is 11.9 Å². The van der Waals surface area contributed by atoms with Gasteiger partial charge in [-0.05, 0) is 25.0 Å². The highest BCUT2D eigenvalue weighted by Gasteiger charge is 2.29. The number of aromatic nitrogens is 3. The quantitative estimate of drug-likeness (QED) is 0.776. The third-order valence-corrected chi connectivity index (χ3v) is 3.03. The van der Waals surface area contributed by atoms with Crippen molar-refractivity contribution in [2.24, 2.45) is 0 Å². The van der Waals surface area contributed by atoms with Gasteiger partial charge in [-0.1, -0.05) is 6.58 Å². The van der Waals surface area contributed by atoms with Crippen LogP contribution in [0.3, 0.4) is 0 Å². The predicted molar refractivity (Wildman–Crippen MR) is 63.1 cm³/mol. The Kier molecular flexibility index (Phi) is 2.18. The molecule has 1 fully saturated rings. The average Bonchev–Trinajstić information content (AvgIpc) is 2.73. The molecule has 2 aromatic rings. The molecule has 3 rings (SSSR count). The predicted octanol–water partition coefficient (Wildman–Crippen LogP) is 1.47. The van der Waals surface area contributed by atoms with E-state index in [1.165, 1.54) is 0 Å². The second-order valence-electron chi connectivity index (χ2n) is 4.19. The van der Waals surface area contributed by atoms with Gasteiger partial charge < -0.3 is 5.32 Å². The van der Waals surface area contributed by atoms with Gasteiger partial charge in [0.2, 0.25) is 5.91 Å². The lowest BCUT2D eigenvalue weighted by molar-refractivity contribution is -0.122. The molecular weight excluding hydrogens is 216 g/mol. The molecule has 1 saturated heterocycles. The van der Waals surface area contributed by atoms with E-state index >= 15 is 0 Å². The van der Waals surface area contributed by atoms with Crippen molar-refractivity contribution in [2.45, 2.75) is 18.8 Å². The monoisotopic (exact) mass is 228 g/mol. The molecule has 0 radical (unpaired) electrons. The first-order chi connectivity index (χ1) is 8.25. The molecule has 2 N–H and O–H groups in total. The van der Waals surface area contributed by atoms with Crippen LogP contribution in [0.25, 0.3) is 11.0 Å². The molecular formula is C12H12N4O. The maximum Gasteiger partial charge on any atom is 0.233 e. The lowest BCUT2D eigenvalue weighted by Crippen LogP contribution is -2.33. The first-order valence-corrected chi connectivity index (χ1v) is 5.53. The zero-order valence-electron chi connectivity index (χ0n) is 9.23. The van der Waals surface area contributed by atoms with Crippen LogP contribution in [0.1, 0.15) is 24.5 Å². The Hall–Kier alpha value is -2.17. The Balaban J connectivity index is 2.04. The fourth-order valence-corrected chi connectivity index (χ4v) is 2.15. The highest BCUT2D eigenvalue weighted by molar-refractivity contribution is 5.90. The number of nitrogens with zero attached hydrogens (tertiary/aromatic N) is 2. The van der Waals surface area contributed by atoms with Crippen molar-refractivity contribution in [2.75, 3.05) is 0 Å². The van der Waals surface area contributed by atoms with Crippen LogP contribution in [0.5, 0.6) is 0 Å². The van der Waals surface area contributed by atoms with Crippen LogP contribution in [0, 0.1) is 0 Å². The largest absolute Gasteiger partial charge is 0.330 e. The number of piperidine rings is 1. The number of hydrogen-bond donors (Lipinski definition) is 2. The van der Waals surface area contributed by atoms with Gasteiger partial charge in [0.05, 0.1) is 11.4 Å². The minimum absolute atomic E-state index is 0.0414. The fourth-order valence-electron chi connectivity index (χ4n) is 2.15. The molecule has 0 aliphatic carbocycles. The summed E-state index contributed by atoms with van der Waals surface area (Å²) in [6.07, 6.45) is 3.24. The van der Waals surface area contributed by atoms with Gasteiger partial charge in [0.25, 0.3) is 0 Å². The van der Waals surface area contributed by atoms with E-state index in [0.29, 0.717) is 0 Å². The van der Waals surface area contributed by atoms with E-state index in [0.717, 1.165) is 35.3 Å². The van der Waals surface area contributed by atoms with Crippen molar-refractivity contribution in [3.8, 4) is 0 Å². The van der Waals surface area contributed by atoms with E-state index in [-0.39, 0.29) is 11.8 Å². The number of aromatic amines is 1. The molecule has 5 heteroatoms. The van der Waals surface area contributed by atoms with E-state index in [4.69, 9.17) is 0 Å². The Morgan fingerprint density at radius 3 is 3.18 bits per heavy atom. The lowest BCUT2D eigenvalue weighted by atomic mass is 9.93. The maximum atomic E-state index is 11.9. The SMILES string of the molecule is C=C1CCC(c2n[nH]c3cccnc23)C(=O)N1. The zero-order valence-corrected chi connectivity index (χ0v) is 9.23. The van der Waals surface area contributed by atoms with Crippen molar-refractivity contribution in [1.82, 2.24) is 20.5 Å². The van der Waals surface area contributed by atoms with Crippen LogP contribution < -0.4 is 5.32 Å². The first kappa shape index (κ1) is 10.0. The number of allylic oxidation sites excluding steroid dienone is 1. The van der Waals surface area contributed by atoms with Crippen molar-refractivity contribution in [1.29, 1.82) is 0 Å². The average molecular weight is 228 g/mol. The molecule has 0 spiro atoms. The van der Waals surface area contributed by atoms with Gasteiger partial charge >= 0.3 is 0 Å². The van der Waals surface area contributed by atoms with Crippen molar-refractivity contribution < 1.29 is 4.79 Å². The summed E-state index contributed by atoms with van der Waals surface area (Å²) in [7, 11) is 0. The van der Waals surface area contributed by atoms with Crippen LogP contribution in [-0.2, 0) is 4.79 Å². The number of H-pyrrole nitrogens is 1. The molecule has 5 nitrogen and oxygen atoms in total. The molecule has 0 aromatic carbocycles. The Morgan fingerprint density at radius 2 is 2.35 bits per heavy atom. The number of amides is 1. The van der Waals surface area contributed by atoms with Gasteiger partial charge in [-0.15, -0.1) is 0 Å². The Labute approximate surface area is 97.9 Å². The summed E-state index contributed by atoms with van der Waals surface area (Å²) in [5.41, 5.74) is 3.14. The fraction of sp³-hybridized carbons (Fsp3) is 0.250. The van der Waals surface area contributed by atoms with E-state index in [2.05, 4.69) is 27.1 Å². The molecule has 2 aromatic heterocycles. The van der Waals surface area contributed by atoms with Crippen molar-refractivity contribution >= 4 is 16.9 Å². The molecule has 1 unspecified atom stereocenters. The smallest absolute Gasteiger partial charge is 0.233 e. The molecule has 17 heavy (non-hydrogen) atoms. The molecule has 0 bridgehead atoms. The minimum atomic E-state index is -0.232. The van der Waals surface area contributed by atoms with Crippen molar-refractivity contribution in [3.63, 3.8) is 0 Å².